The molecule has 1 aliphatic rings. The molecule has 0 aromatic carbocycles. The lowest BCUT2D eigenvalue weighted by Crippen LogP contribution is -2.49. The first-order valence-corrected chi connectivity index (χ1v) is 6.83. The Kier molecular flexibility index (Phi) is 3.11. The zero-order chi connectivity index (χ0) is 12.4. The number of thiazole rings is 1. The Hall–Kier alpha value is -1.30. The highest BCUT2D eigenvalue weighted by Gasteiger charge is 2.38. The van der Waals surface area contributed by atoms with Crippen molar-refractivity contribution in [3.05, 3.63) is 34.8 Å². The molecule has 4 nitrogen and oxygen atoms in total. The third-order valence-electron chi connectivity index (χ3n) is 3.25. The maximum atomic E-state index is 5.82. The highest BCUT2D eigenvalue weighted by molar-refractivity contribution is 7.09. The molecular formula is C13H15N3OS. The van der Waals surface area contributed by atoms with Gasteiger partial charge in [-0.3, -0.25) is 4.98 Å². The summed E-state index contributed by atoms with van der Waals surface area (Å²) < 4.78 is 5.28. The number of nitrogens with zero attached hydrogens (tertiary/aromatic N) is 2. The molecule has 1 saturated heterocycles. The molecule has 0 bridgehead atoms. The molecule has 1 fully saturated rings. The van der Waals surface area contributed by atoms with Crippen LogP contribution < -0.4 is 5.73 Å². The summed E-state index contributed by atoms with van der Waals surface area (Å²) in [6, 6.07) is 5.86. The molecule has 0 atom stereocenters. The second kappa shape index (κ2) is 4.76. The Morgan fingerprint density at radius 3 is 2.83 bits per heavy atom. The molecule has 0 radical (unpaired) electrons. The van der Waals surface area contributed by atoms with Gasteiger partial charge in [0.25, 0.3) is 0 Å². The van der Waals surface area contributed by atoms with Crippen molar-refractivity contribution >= 4 is 11.3 Å². The summed E-state index contributed by atoms with van der Waals surface area (Å²) in [6.45, 7) is 2.16. The van der Waals surface area contributed by atoms with E-state index in [1.807, 2.05) is 18.2 Å². The SMILES string of the molecule is NCC1(Cc2nc(-c3ccccn3)cs2)COC1. The summed E-state index contributed by atoms with van der Waals surface area (Å²) in [5.41, 5.74) is 7.80. The Morgan fingerprint density at radius 2 is 2.22 bits per heavy atom. The summed E-state index contributed by atoms with van der Waals surface area (Å²) in [6.07, 6.45) is 2.69. The lowest BCUT2D eigenvalue weighted by atomic mass is 9.83. The first kappa shape index (κ1) is 11.8. The zero-order valence-electron chi connectivity index (χ0n) is 10.0. The number of nitrogens with two attached hydrogens (primary N) is 1. The van der Waals surface area contributed by atoms with Crippen molar-refractivity contribution in [1.29, 1.82) is 0 Å². The summed E-state index contributed by atoms with van der Waals surface area (Å²) in [4.78, 5) is 8.95. The second-order valence-electron chi connectivity index (χ2n) is 4.72. The largest absolute Gasteiger partial charge is 0.380 e. The molecule has 2 aromatic rings. The van der Waals surface area contributed by atoms with Gasteiger partial charge >= 0.3 is 0 Å². The minimum atomic E-state index is 0.110. The molecule has 18 heavy (non-hydrogen) atoms. The molecule has 2 N–H and O–H groups in total. The third kappa shape index (κ3) is 2.16. The van der Waals surface area contributed by atoms with Gasteiger partial charge in [0.2, 0.25) is 0 Å². The van der Waals surface area contributed by atoms with Gasteiger partial charge in [0.1, 0.15) is 0 Å². The van der Waals surface area contributed by atoms with Gasteiger partial charge in [-0.2, -0.15) is 0 Å². The number of hydrogen-bond donors (Lipinski definition) is 1. The van der Waals surface area contributed by atoms with Crippen LogP contribution in [0.1, 0.15) is 5.01 Å². The number of rotatable bonds is 4. The van der Waals surface area contributed by atoms with Crippen molar-refractivity contribution in [2.45, 2.75) is 6.42 Å². The minimum Gasteiger partial charge on any atom is -0.380 e. The van der Waals surface area contributed by atoms with Gasteiger partial charge in [-0.05, 0) is 12.1 Å². The van der Waals surface area contributed by atoms with E-state index in [1.165, 1.54) is 0 Å². The quantitative estimate of drug-likeness (QED) is 0.910. The van der Waals surface area contributed by atoms with Crippen LogP contribution in [0.5, 0.6) is 0 Å². The average Bonchev–Trinajstić information content (AvgIpc) is 2.83. The minimum absolute atomic E-state index is 0.110. The molecule has 0 aliphatic carbocycles. The predicted molar refractivity (Wildman–Crippen MR) is 71.4 cm³/mol. The summed E-state index contributed by atoms with van der Waals surface area (Å²) in [5, 5.41) is 3.17. The molecular weight excluding hydrogens is 246 g/mol. The number of ether oxygens (including phenoxy) is 1. The molecule has 3 rings (SSSR count). The van der Waals surface area contributed by atoms with Crippen LogP contribution in [0.15, 0.2) is 29.8 Å². The van der Waals surface area contributed by atoms with E-state index in [1.54, 1.807) is 17.5 Å². The molecule has 0 saturated carbocycles. The Morgan fingerprint density at radius 1 is 1.33 bits per heavy atom. The van der Waals surface area contributed by atoms with E-state index in [0.717, 1.165) is 36.0 Å². The molecule has 0 amide bonds. The van der Waals surface area contributed by atoms with Crippen LogP contribution in [0.25, 0.3) is 11.4 Å². The molecule has 2 aromatic heterocycles. The highest BCUT2D eigenvalue weighted by Crippen LogP contribution is 2.32. The van der Waals surface area contributed by atoms with Crippen molar-refractivity contribution in [3.63, 3.8) is 0 Å². The predicted octanol–water partition coefficient (Wildman–Crippen LogP) is 1.72. The number of aromatic nitrogens is 2. The van der Waals surface area contributed by atoms with E-state index in [-0.39, 0.29) is 5.41 Å². The maximum Gasteiger partial charge on any atom is 0.0998 e. The van der Waals surface area contributed by atoms with Gasteiger partial charge in [-0.25, -0.2) is 4.98 Å². The van der Waals surface area contributed by atoms with Gasteiger partial charge in [0, 0.05) is 30.0 Å². The number of pyridine rings is 1. The fourth-order valence-corrected chi connectivity index (χ4v) is 2.99. The fraction of sp³-hybridized carbons (Fsp3) is 0.385. The van der Waals surface area contributed by atoms with Crippen LogP contribution in [0.2, 0.25) is 0 Å². The molecule has 3 heterocycles. The van der Waals surface area contributed by atoms with E-state index in [4.69, 9.17) is 10.5 Å². The van der Waals surface area contributed by atoms with Crippen molar-refractivity contribution in [2.75, 3.05) is 19.8 Å². The molecule has 1 aliphatic heterocycles. The lowest BCUT2D eigenvalue weighted by Gasteiger charge is -2.39. The standard InChI is InChI=1S/C13H15N3OS/c14-7-13(8-17-9-13)5-12-16-11(6-18-12)10-3-1-2-4-15-10/h1-4,6H,5,7-9,14H2. The second-order valence-corrected chi connectivity index (χ2v) is 5.66. The van der Waals surface area contributed by atoms with Crippen molar-refractivity contribution in [2.24, 2.45) is 11.1 Å². The summed E-state index contributed by atoms with van der Waals surface area (Å²) >= 11 is 1.67. The average molecular weight is 261 g/mol. The van der Waals surface area contributed by atoms with Gasteiger partial charge in [-0.15, -0.1) is 11.3 Å². The molecule has 94 valence electrons. The van der Waals surface area contributed by atoms with Crippen molar-refractivity contribution in [1.82, 2.24) is 9.97 Å². The smallest absolute Gasteiger partial charge is 0.0998 e. The van der Waals surface area contributed by atoms with E-state index >= 15 is 0 Å². The topological polar surface area (TPSA) is 61.0 Å². The summed E-state index contributed by atoms with van der Waals surface area (Å²) in [5.74, 6) is 0. The van der Waals surface area contributed by atoms with Gasteiger partial charge < -0.3 is 10.5 Å². The Labute approximate surface area is 110 Å². The van der Waals surface area contributed by atoms with E-state index in [2.05, 4.69) is 15.3 Å². The summed E-state index contributed by atoms with van der Waals surface area (Å²) in [7, 11) is 0. The molecule has 0 spiro atoms. The highest BCUT2D eigenvalue weighted by atomic mass is 32.1. The first-order valence-electron chi connectivity index (χ1n) is 5.95. The van der Waals surface area contributed by atoms with Gasteiger partial charge in [-0.1, -0.05) is 6.07 Å². The van der Waals surface area contributed by atoms with Gasteiger partial charge in [0.15, 0.2) is 0 Å². The third-order valence-corrected chi connectivity index (χ3v) is 4.10. The van der Waals surface area contributed by atoms with E-state index in [9.17, 15) is 0 Å². The van der Waals surface area contributed by atoms with Crippen LogP contribution in [-0.4, -0.2) is 29.7 Å². The van der Waals surface area contributed by atoms with Crippen LogP contribution >= 0.6 is 11.3 Å². The molecule has 0 unspecified atom stereocenters. The Bertz CT molecular complexity index is 517. The number of hydrogen-bond acceptors (Lipinski definition) is 5. The monoisotopic (exact) mass is 261 g/mol. The maximum absolute atomic E-state index is 5.82. The van der Waals surface area contributed by atoms with Crippen LogP contribution in [0.3, 0.4) is 0 Å². The van der Waals surface area contributed by atoms with E-state index in [0.29, 0.717) is 6.54 Å². The molecule has 5 heteroatoms. The normalized spacial score (nSPS) is 17.4. The first-order chi connectivity index (χ1) is 8.81. The van der Waals surface area contributed by atoms with Crippen molar-refractivity contribution < 1.29 is 4.74 Å². The van der Waals surface area contributed by atoms with Crippen LogP contribution in [-0.2, 0) is 11.2 Å². The van der Waals surface area contributed by atoms with Crippen molar-refractivity contribution in [3.8, 4) is 11.4 Å². The van der Waals surface area contributed by atoms with E-state index < -0.39 is 0 Å². The van der Waals surface area contributed by atoms with Crippen LogP contribution in [0.4, 0.5) is 0 Å². The Balaban J connectivity index is 1.78. The van der Waals surface area contributed by atoms with Gasteiger partial charge in [0.05, 0.1) is 29.6 Å². The van der Waals surface area contributed by atoms with Crippen LogP contribution in [0, 0.1) is 5.41 Å². The fourth-order valence-electron chi connectivity index (χ4n) is 2.03. The zero-order valence-corrected chi connectivity index (χ0v) is 10.8. The lowest BCUT2D eigenvalue weighted by molar-refractivity contribution is -0.106.